The average Bonchev–Trinajstić information content (AvgIpc) is 2.48. The lowest BCUT2D eigenvalue weighted by molar-refractivity contribution is -0.144. The van der Waals surface area contributed by atoms with Crippen LogP contribution in [0.3, 0.4) is 0 Å². The second-order valence-corrected chi connectivity index (χ2v) is 4.58. The van der Waals surface area contributed by atoms with Gasteiger partial charge in [0.25, 0.3) is 0 Å². The SMILES string of the molecule is CCOC(=O)C(N)Cc1cccc(-c2ccc(F)cc2)n1. The van der Waals surface area contributed by atoms with Gasteiger partial charge in [0.05, 0.1) is 12.3 Å². The lowest BCUT2D eigenvalue weighted by atomic mass is 10.1. The highest BCUT2D eigenvalue weighted by molar-refractivity contribution is 5.75. The molecule has 2 N–H and O–H groups in total. The summed E-state index contributed by atoms with van der Waals surface area (Å²) >= 11 is 0. The van der Waals surface area contributed by atoms with Crippen LogP contribution in [-0.2, 0) is 16.0 Å². The van der Waals surface area contributed by atoms with E-state index in [0.717, 1.165) is 5.56 Å². The fourth-order valence-corrected chi connectivity index (χ4v) is 1.93. The third-order valence-electron chi connectivity index (χ3n) is 2.97. The predicted molar refractivity (Wildman–Crippen MR) is 77.9 cm³/mol. The van der Waals surface area contributed by atoms with Crippen molar-refractivity contribution in [1.29, 1.82) is 0 Å². The molecule has 4 nitrogen and oxygen atoms in total. The fraction of sp³-hybridized carbons (Fsp3) is 0.250. The molecule has 0 aliphatic heterocycles. The quantitative estimate of drug-likeness (QED) is 0.858. The zero-order chi connectivity index (χ0) is 15.2. The number of nitrogens with two attached hydrogens (primary N) is 1. The minimum atomic E-state index is -0.735. The van der Waals surface area contributed by atoms with Crippen LogP contribution in [0.5, 0.6) is 0 Å². The molecule has 2 aromatic rings. The number of carbonyl (C=O) groups is 1. The van der Waals surface area contributed by atoms with Gasteiger partial charge in [-0.05, 0) is 43.3 Å². The highest BCUT2D eigenvalue weighted by Gasteiger charge is 2.16. The number of ether oxygens (including phenoxy) is 1. The van der Waals surface area contributed by atoms with Crippen molar-refractivity contribution < 1.29 is 13.9 Å². The molecule has 110 valence electrons. The van der Waals surface area contributed by atoms with E-state index in [1.165, 1.54) is 12.1 Å². The van der Waals surface area contributed by atoms with Gasteiger partial charge in [0.15, 0.2) is 0 Å². The van der Waals surface area contributed by atoms with Gasteiger partial charge in [-0.2, -0.15) is 0 Å². The Morgan fingerprint density at radius 3 is 2.67 bits per heavy atom. The van der Waals surface area contributed by atoms with Crippen LogP contribution in [0.4, 0.5) is 4.39 Å². The van der Waals surface area contributed by atoms with Gasteiger partial charge in [-0.1, -0.05) is 6.07 Å². The number of hydrogen-bond acceptors (Lipinski definition) is 4. The van der Waals surface area contributed by atoms with Crippen LogP contribution >= 0.6 is 0 Å². The number of aromatic nitrogens is 1. The van der Waals surface area contributed by atoms with Gasteiger partial charge in [0, 0.05) is 17.7 Å². The molecule has 21 heavy (non-hydrogen) atoms. The second-order valence-electron chi connectivity index (χ2n) is 4.58. The van der Waals surface area contributed by atoms with Crippen LogP contribution in [0.15, 0.2) is 42.5 Å². The van der Waals surface area contributed by atoms with Gasteiger partial charge in [-0.25, -0.2) is 4.39 Å². The van der Waals surface area contributed by atoms with Crippen molar-refractivity contribution in [3.05, 3.63) is 54.0 Å². The maximum Gasteiger partial charge on any atom is 0.323 e. The Labute approximate surface area is 122 Å². The highest BCUT2D eigenvalue weighted by atomic mass is 19.1. The first-order chi connectivity index (χ1) is 10.1. The molecule has 0 aliphatic rings. The third-order valence-corrected chi connectivity index (χ3v) is 2.97. The smallest absolute Gasteiger partial charge is 0.323 e. The Morgan fingerprint density at radius 2 is 2.00 bits per heavy atom. The van der Waals surface area contributed by atoms with E-state index in [9.17, 15) is 9.18 Å². The molecule has 0 spiro atoms. The van der Waals surface area contributed by atoms with Gasteiger partial charge in [-0.15, -0.1) is 0 Å². The third kappa shape index (κ3) is 4.10. The molecule has 0 amide bonds. The minimum absolute atomic E-state index is 0.292. The summed E-state index contributed by atoms with van der Waals surface area (Å²) in [7, 11) is 0. The molecule has 0 saturated heterocycles. The predicted octanol–water partition coefficient (Wildman–Crippen LogP) is 2.32. The second kappa shape index (κ2) is 6.95. The number of nitrogens with zero attached hydrogens (tertiary/aromatic N) is 1. The van der Waals surface area contributed by atoms with Crippen molar-refractivity contribution in [2.45, 2.75) is 19.4 Å². The molecule has 0 fully saturated rings. The Morgan fingerprint density at radius 1 is 1.29 bits per heavy atom. The van der Waals surface area contributed by atoms with Crippen molar-refractivity contribution in [3.8, 4) is 11.3 Å². The van der Waals surface area contributed by atoms with E-state index in [-0.39, 0.29) is 5.82 Å². The highest BCUT2D eigenvalue weighted by Crippen LogP contribution is 2.18. The van der Waals surface area contributed by atoms with E-state index >= 15 is 0 Å². The molecule has 1 aromatic carbocycles. The lowest BCUT2D eigenvalue weighted by Gasteiger charge is -2.10. The Kier molecular flexibility index (Phi) is 5.00. The van der Waals surface area contributed by atoms with Crippen molar-refractivity contribution in [2.75, 3.05) is 6.61 Å². The summed E-state index contributed by atoms with van der Waals surface area (Å²) in [5.74, 6) is -0.731. The first kappa shape index (κ1) is 15.1. The van der Waals surface area contributed by atoms with Gasteiger partial charge in [0.1, 0.15) is 11.9 Å². The molecule has 0 aliphatic carbocycles. The summed E-state index contributed by atoms with van der Waals surface area (Å²) in [4.78, 5) is 16.0. The standard InChI is InChI=1S/C16H17FN2O2/c1-2-21-16(20)14(18)10-13-4-3-5-15(19-13)11-6-8-12(17)9-7-11/h3-9,14H,2,10,18H2,1H3. The van der Waals surface area contributed by atoms with Gasteiger partial charge in [0.2, 0.25) is 0 Å². The van der Waals surface area contributed by atoms with Gasteiger partial charge < -0.3 is 10.5 Å². The van der Waals surface area contributed by atoms with Crippen molar-refractivity contribution in [1.82, 2.24) is 4.98 Å². The Bertz CT molecular complexity index is 614. The molecule has 1 aromatic heterocycles. The largest absolute Gasteiger partial charge is 0.465 e. The number of carbonyl (C=O) groups excluding carboxylic acids is 1. The molecule has 1 atom stereocenters. The van der Waals surface area contributed by atoms with Gasteiger partial charge in [-0.3, -0.25) is 9.78 Å². The van der Waals surface area contributed by atoms with Crippen LogP contribution in [0.1, 0.15) is 12.6 Å². The summed E-state index contributed by atoms with van der Waals surface area (Å²) < 4.78 is 17.8. The van der Waals surface area contributed by atoms with Crippen molar-refractivity contribution in [3.63, 3.8) is 0 Å². The van der Waals surface area contributed by atoms with Crippen LogP contribution in [0.2, 0.25) is 0 Å². The summed E-state index contributed by atoms with van der Waals surface area (Å²) in [6, 6.07) is 10.8. The topological polar surface area (TPSA) is 65.2 Å². The molecule has 2 rings (SSSR count). The maximum absolute atomic E-state index is 12.9. The number of benzene rings is 1. The molecule has 0 bridgehead atoms. The van der Waals surface area contributed by atoms with E-state index < -0.39 is 12.0 Å². The summed E-state index contributed by atoms with van der Waals surface area (Å²) in [6.07, 6.45) is 0.299. The monoisotopic (exact) mass is 288 g/mol. The number of rotatable bonds is 5. The molecule has 0 saturated carbocycles. The summed E-state index contributed by atoms with van der Waals surface area (Å²) in [6.45, 7) is 2.04. The number of halogens is 1. The molecule has 1 unspecified atom stereocenters. The molecule has 0 radical (unpaired) electrons. The van der Waals surface area contributed by atoms with Crippen LogP contribution in [0, 0.1) is 5.82 Å². The van der Waals surface area contributed by atoms with E-state index in [4.69, 9.17) is 10.5 Å². The molecule has 5 heteroatoms. The zero-order valence-electron chi connectivity index (χ0n) is 11.8. The molecular formula is C16H17FN2O2. The van der Waals surface area contributed by atoms with E-state index in [2.05, 4.69) is 4.98 Å². The zero-order valence-corrected chi connectivity index (χ0v) is 11.8. The summed E-state index contributed by atoms with van der Waals surface area (Å²) in [5.41, 5.74) is 7.99. The maximum atomic E-state index is 12.9. The molecule has 1 heterocycles. The normalized spacial score (nSPS) is 12.0. The van der Waals surface area contributed by atoms with Gasteiger partial charge >= 0.3 is 5.97 Å². The van der Waals surface area contributed by atoms with Crippen molar-refractivity contribution >= 4 is 5.97 Å². The van der Waals surface area contributed by atoms with E-state index in [1.807, 2.05) is 12.1 Å². The fourth-order valence-electron chi connectivity index (χ4n) is 1.93. The Balaban J connectivity index is 2.14. The van der Waals surface area contributed by atoms with E-state index in [0.29, 0.717) is 24.4 Å². The van der Waals surface area contributed by atoms with Crippen LogP contribution < -0.4 is 5.73 Å². The first-order valence-corrected chi connectivity index (χ1v) is 6.74. The summed E-state index contributed by atoms with van der Waals surface area (Å²) in [5, 5.41) is 0. The lowest BCUT2D eigenvalue weighted by Crippen LogP contribution is -2.34. The minimum Gasteiger partial charge on any atom is -0.465 e. The van der Waals surface area contributed by atoms with E-state index in [1.54, 1.807) is 25.1 Å². The first-order valence-electron chi connectivity index (χ1n) is 6.74. The van der Waals surface area contributed by atoms with Crippen molar-refractivity contribution in [2.24, 2.45) is 5.73 Å². The number of pyridine rings is 1. The average molecular weight is 288 g/mol. The number of esters is 1. The van der Waals surface area contributed by atoms with Crippen LogP contribution in [-0.4, -0.2) is 23.6 Å². The Hall–Kier alpha value is -2.27. The molecular weight excluding hydrogens is 271 g/mol. The van der Waals surface area contributed by atoms with Crippen LogP contribution in [0.25, 0.3) is 11.3 Å². The number of hydrogen-bond donors (Lipinski definition) is 1.